The summed E-state index contributed by atoms with van der Waals surface area (Å²) in [5, 5.41) is 13.2. The van der Waals surface area contributed by atoms with E-state index in [1.807, 2.05) is 0 Å². The van der Waals surface area contributed by atoms with Gasteiger partial charge in [-0.2, -0.15) is 0 Å². The van der Waals surface area contributed by atoms with Crippen LogP contribution in [0.15, 0.2) is 0 Å². The second-order valence-electron chi connectivity index (χ2n) is 3.41. The molecule has 0 rings (SSSR count). The molecule has 0 aromatic heterocycles. The van der Waals surface area contributed by atoms with Crippen LogP contribution in [0.3, 0.4) is 0 Å². The number of carbonyl (C=O) groups is 3. The number of methoxy groups -OCH3 is 1. The van der Waals surface area contributed by atoms with Crippen molar-refractivity contribution in [3.63, 3.8) is 0 Å². The zero-order valence-electron chi connectivity index (χ0n) is 10.0. The lowest BCUT2D eigenvalue weighted by Crippen LogP contribution is -2.45. The molecular formula is C9H17N3O5. The molecule has 0 radical (unpaired) electrons. The third-order valence-corrected chi connectivity index (χ3v) is 1.91. The highest BCUT2D eigenvalue weighted by atomic mass is 16.5. The second kappa shape index (κ2) is 7.44. The van der Waals surface area contributed by atoms with E-state index in [1.165, 1.54) is 12.0 Å². The normalized spacial score (nSPS) is 11.5. The molecule has 3 N–H and O–H groups in total. The maximum atomic E-state index is 11.2. The first kappa shape index (κ1) is 15.2. The predicted octanol–water partition coefficient (Wildman–Crippen LogP) is -1.53. The molecule has 98 valence electrons. The average Bonchev–Trinajstić information content (AvgIpc) is 2.25. The Morgan fingerprint density at radius 2 is 1.88 bits per heavy atom. The number of amides is 3. The van der Waals surface area contributed by atoms with E-state index < -0.39 is 18.1 Å². The van der Waals surface area contributed by atoms with Gasteiger partial charge in [0.05, 0.1) is 13.1 Å². The van der Waals surface area contributed by atoms with Crippen molar-refractivity contribution in [3.05, 3.63) is 0 Å². The van der Waals surface area contributed by atoms with Crippen LogP contribution in [0, 0.1) is 0 Å². The van der Waals surface area contributed by atoms with E-state index >= 15 is 0 Å². The van der Waals surface area contributed by atoms with Gasteiger partial charge in [-0.05, 0) is 0 Å². The van der Waals surface area contributed by atoms with Gasteiger partial charge in [0, 0.05) is 21.2 Å². The third kappa shape index (κ3) is 6.36. The molecule has 1 atom stereocenters. The quantitative estimate of drug-likeness (QED) is 0.528. The molecule has 0 bridgehead atoms. The summed E-state index contributed by atoms with van der Waals surface area (Å²) in [6.07, 6.45) is -1.11. The molecule has 3 amide bonds. The zero-order chi connectivity index (χ0) is 13.4. The maximum Gasteiger partial charge on any atom is 0.334 e. The van der Waals surface area contributed by atoms with Crippen LogP contribution < -0.4 is 10.6 Å². The van der Waals surface area contributed by atoms with Crippen molar-refractivity contribution in [2.45, 2.75) is 6.10 Å². The number of aliphatic carboxylic acids is 1. The molecule has 8 heteroatoms. The Hall–Kier alpha value is -1.83. The molecule has 0 spiro atoms. The minimum absolute atomic E-state index is 0.149. The van der Waals surface area contributed by atoms with Crippen molar-refractivity contribution in [3.8, 4) is 0 Å². The van der Waals surface area contributed by atoms with Gasteiger partial charge in [-0.25, -0.2) is 9.59 Å². The molecule has 0 saturated carbocycles. The molecule has 0 aliphatic heterocycles. The van der Waals surface area contributed by atoms with Crippen molar-refractivity contribution < 1.29 is 24.2 Å². The van der Waals surface area contributed by atoms with E-state index in [0.717, 1.165) is 0 Å². The number of hydrogen-bond donors (Lipinski definition) is 3. The topological polar surface area (TPSA) is 108 Å². The fraction of sp³-hybridized carbons (Fsp3) is 0.667. The molecule has 0 aromatic rings. The Morgan fingerprint density at radius 1 is 1.29 bits per heavy atom. The summed E-state index contributed by atoms with van der Waals surface area (Å²) >= 11 is 0. The number of urea groups is 1. The van der Waals surface area contributed by atoms with Crippen molar-refractivity contribution >= 4 is 17.9 Å². The number of ether oxygens (including phenoxy) is 1. The predicted molar refractivity (Wildman–Crippen MR) is 58.5 cm³/mol. The summed E-state index contributed by atoms with van der Waals surface area (Å²) in [4.78, 5) is 34.2. The monoisotopic (exact) mass is 247 g/mol. The van der Waals surface area contributed by atoms with Gasteiger partial charge in [-0.1, -0.05) is 0 Å². The van der Waals surface area contributed by atoms with Crippen LogP contribution in [0.1, 0.15) is 0 Å². The van der Waals surface area contributed by atoms with Crippen LogP contribution in [-0.2, 0) is 14.3 Å². The molecule has 1 unspecified atom stereocenters. The molecule has 0 saturated heterocycles. The highest BCUT2D eigenvalue weighted by Crippen LogP contribution is 1.87. The van der Waals surface area contributed by atoms with Crippen LogP contribution in [0.5, 0.6) is 0 Å². The van der Waals surface area contributed by atoms with Crippen LogP contribution >= 0.6 is 0 Å². The third-order valence-electron chi connectivity index (χ3n) is 1.91. The molecule has 8 nitrogen and oxygen atoms in total. The number of hydrogen-bond acceptors (Lipinski definition) is 4. The highest BCUT2D eigenvalue weighted by molar-refractivity contribution is 5.84. The first-order valence-corrected chi connectivity index (χ1v) is 4.86. The number of nitrogens with one attached hydrogen (secondary N) is 2. The zero-order valence-corrected chi connectivity index (χ0v) is 10.0. The minimum atomic E-state index is -1.17. The van der Waals surface area contributed by atoms with Gasteiger partial charge in [-0.3, -0.25) is 4.79 Å². The fourth-order valence-corrected chi connectivity index (χ4v) is 0.833. The first-order chi connectivity index (χ1) is 7.88. The minimum Gasteiger partial charge on any atom is -0.479 e. The summed E-state index contributed by atoms with van der Waals surface area (Å²) in [6.45, 7) is -0.322. The van der Waals surface area contributed by atoms with Crippen molar-refractivity contribution in [1.29, 1.82) is 0 Å². The van der Waals surface area contributed by atoms with E-state index in [0.29, 0.717) is 0 Å². The average molecular weight is 247 g/mol. The number of rotatable bonds is 6. The van der Waals surface area contributed by atoms with Gasteiger partial charge in [-0.15, -0.1) is 0 Å². The van der Waals surface area contributed by atoms with Crippen LogP contribution in [0.2, 0.25) is 0 Å². The number of carboxylic acid groups (broad SMARTS) is 1. The lowest BCUT2D eigenvalue weighted by atomic mass is 10.3. The highest BCUT2D eigenvalue weighted by Gasteiger charge is 2.17. The van der Waals surface area contributed by atoms with Crippen LogP contribution in [0.4, 0.5) is 4.79 Å². The van der Waals surface area contributed by atoms with E-state index in [2.05, 4.69) is 15.4 Å². The van der Waals surface area contributed by atoms with Crippen LogP contribution in [-0.4, -0.2) is 68.3 Å². The Labute approximate surface area is 98.9 Å². The summed E-state index contributed by atoms with van der Waals surface area (Å²) in [5.41, 5.74) is 0. The molecule has 0 aromatic carbocycles. The largest absolute Gasteiger partial charge is 0.479 e. The standard InChI is InChI=1S/C9H17N3O5/c1-12(2)7(13)5-11-9(16)10-4-6(17-3)8(14)15/h6H,4-5H2,1-3H3,(H,14,15)(H2,10,11,16). The first-order valence-electron chi connectivity index (χ1n) is 4.86. The van der Waals surface area contributed by atoms with Crippen molar-refractivity contribution in [2.24, 2.45) is 0 Å². The van der Waals surface area contributed by atoms with Crippen molar-refractivity contribution in [2.75, 3.05) is 34.3 Å². The summed E-state index contributed by atoms with van der Waals surface area (Å²) in [7, 11) is 4.36. The number of likely N-dealkylation sites (N-methyl/N-ethyl adjacent to an activating group) is 1. The molecule has 0 aliphatic rings. The second-order valence-corrected chi connectivity index (χ2v) is 3.41. The van der Waals surface area contributed by atoms with E-state index in [-0.39, 0.29) is 19.0 Å². The van der Waals surface area contributed by atoms with Crippen LogP contribution in [0.25, 0.3) is 0 Å². The van der Waals surface area contributed by atoms with Gasteiger partial charge in [0.25, 0.3) is 0 Å². The number of nitrogens with zero attached hydrogens (tertiary/aromatic N) is 1. The van der Waals surface area contributed by atoms with Gasteiger partial charge in [0.1, 0.15) is 0 Å². The Balaban J connectivity index is 3.87. The Morgan fingerprint density at radius 3 is 2.29 bits per heavy atom. The van der Waals surface area contributed by atoms with E-state index in [9.17, 15) is 14.4 Å². The summed E-state index contributed by atoms with van der Waals surface area (Å²) in [6, 6.07) is -0.622. The lowest BCUT2D eigenvalue weighted by Gasteiger charge is -2.13. The number of carboxylic acids is 1. The molecular weight excluding hydrogens is 230 g/mol. The Kier molecular flexibility index (Phi) is 6.64. The fourth-order valence-electron chi connectivity index (χ4n) is 0.833. The van der Waals surface area contributed by atoms with Gasteiger partial charge in [0.2, 0.25) is 5.91 Å². The SMILES string of the molecule is COC(CNC(=O)NCC(=O)N(C)C)C(=O)O. The van der Waals surface area contributed by atoms with E-state index in [1.54, 1.807) is 14.1 Å². The Bertz CT molecular complexity index is 292. The summed E-state index contributed by atoms with van der Waals surface area (Å²) in [5.74, 6) is -1.43. The van der Waals surface area contributed by atoms with Gasteiger partial charge < -0.3 is 25.4 Å². The number of carbonyl (C=O) groups excluding carboxylic acids is 2. The summed E-state index contributed by atoms with van der Waals surface area (Å²) < 4.78 is 4.61. The molecule has 0 heterocycles. The maximum absolute atomic E-state index is 11.2. The lowest BCUT2D eigenvalue weighted by molar-refractivity contribution is -0.148. The smallest absolute Gasteiger partial charge is 0.334 e. The molecule has 0 aliphatic carbocycles. The van der Waals surface area contributed by atoms with Gasteiger partial charge >= 0.3 is 12.0 Å². The van der Waals surface area contributed by atoms with E-state index in [4.69, 9.17) is 5.11 Å². The van der Waals surface area contributed by atoms with Gasteiger partial charge in [0.15, 0.2) is 6.10 Å². The van der Waals surface area contributed by atoms with Crippen molar-refractivity contribution in [1.82, 2.24) is 15.5 Å². The molecule has 17 heavy (non-hydrogen) atoms. The molecule has 0 fully saturated rings.